The third-order valence-corrected chi connectivity index (χ3v) is 6.96. The molecule has 160 valence electrons. The number of fused-ring (bicyclic) bond motifs is 1. The molecule has 0 saturated carbocycles. The second kappa shape index (κ2) is 9.33. The third-order valence-electron chi connectivity index (χ3n) is 5.00. The molecular weight excluding hydrogens is 408 g/mol. The minimum atomic E-state index is -3.31. The van der Waals surface area contributed by atoms with E-state index in [9.17, 15) is 8.42 Å². The second-order valence-corrected chi connectivity index (χ2v) is 9.31. The van der Waals surface area contributed by atoms with Crippen molar-refractivity contribution in [2.45, 2.75) is 6.04 Å². The number of imidazole rings is 1. The first kappa shape index (κ1) is 21.9. The van der Waals surface area contributed by atoms with E-state index in [4.69, 9.17) is 19.6 Å². The van der Waals surface area contributed by atoms with Gasteiger partial charge in [-0.25, -0.2) is 22.7 Å². The molecule has 3 aromatic rings. The van der Waals surface area contributed by atoms with Gasteiger partial charge in [-0.2, -0.15) is 0 Å². The van der Waals surface area contributed by atoms with Crippen molar-refractivity contribution in [2.24, 2.45) is 5.92 Å². The summed E-state index contributed by atoms with van der Waals surface area (Å²) in [5, 5.41) is 7.96. The molecule has 1 fully saturated rings. The van der Waals surface area contributed by atoms with Crippen LogP contribution in [0.3, 0.4) is 0 Å². The lowest BCUT2D eigenvalue weighted by atomic mass is 10.1. The number of hydrogen-bond donors (Lipinski definition) is 1. The smallest absolute Gasteiger partial charge is 0.290 e. The number of para-hydroxylation sites is 1. The first-order valence-corrected chi connectivity index (χ1v) is 10.9. The number of nitrogens with zero attached hydrogens (tertiary/aromatic N) is 4. The molecule has 3 heterocycles. The molecule has 0 amide bonds. The monoisotopic (exact) mass is 432 g/mol. The highest BCUT2D eigenvalue weighted by molar-refractivity contribution is 7.89. The maximum Gasteiger partial charge on any atom is 0.290 e. The molecule has 2 atom stereocenters. The Labute approximate surface area is 175 Å². The number of hydrogen-bond acceptors (Lipinski definition) is 6. The van der Waals surface area contributed by atoms with Crippen LogP contribution in [0.1, 0.15) is 6.04 Å². The number of aromatic nitrogens is 3. The zero-order valence-electron chi connectivity index (χ0n) is 16.7. The number of carboxylic acid groups (broad SMARTS) is 1. The Morgan fingerprint density at radius 2 is 1.97 bits per heavy atom. The summed E-state index contributed by atoms with van der Waals surface area (Å²) in [5.41, 5.74) is 1.67. The summed E-state index contributed by atoms with van der Waals surface area (Å²) in [4.78, 5) is 17.6. The van der Waals surface area contributed by atoms with E-state index >= 15 is 0 Å². The number of sulfonamides is 1. The highest BCUT2D eigenvalue weighted by Crippen LogP contribution is 2.31. The van der Waals surface area contributed by atoms with E-state index in [-0.39, 0.29) is 24.2 Å². The molecule has 0 spiro atoms. The van der Waals surface area contributed by atoms with Crippen LogP contribution in [0.15, 0.2) is 48.8 Å². The maximum atomic E-state index is 12.3. The second-order valence-electron chi connectivity index (χ2n) is 7.08. The van der Waals surface area contributed by atoms with E-state index < -0.39 is 10.0 Å². The third kappa shape index (κ3) is 4.66. The standard InChI is InChI=1S/C19H22N4O3S.CH2O2/c1-22(2)27(24,25)13-15-11-26-12-18(15)23-10-9-20-19(23)17-8-7-14-5-3-4-6-16(14)21-17;2-1-3/h3-10,15,18H,11-13H2,1-2H3;1H,(H,2,3)/t15-,18+;/m0./s1. The minimum absolute atomic E-state index is 0.0490. The molecular formula is C20H24N4O5S. The van der Waals surface area contributed by atoms with Crippen molar-refractivity contribution < 1.29 is 23.1 Å². The number of pyridine rings is 1. The molecule has 1 saturated heterocycles. The Morgan fingerprint density at radius 3 is 2.70 bits per heavy atom. The topological polar surface area (TPSA) is 115 Å². The Kier molecular flexibility index (Phi) is 6.80. The van der Waals surface area contributed by atoms with Crippen molar-refractivity contribution in [3.05, 3.63) is 48.8 Å². The average molecular weight is 433 g/mol. The van der Waals surface area contributed by atoms with Gasteiger partial charge in [0.25, 0.3) is 6.47 Å². The van der Waals surface area contributed by atoms with Crippen LogP contribution in [-0.4, -0.2) is 71.9 Å². The first-order chi connectivity index (χ1) is 14.4. The fourth-order valence-electron chi connectivity index (χ4n) is 3.44. The van der Waals surface area contributed by atoms with Gasteiger partial charge in [0.05, 0.1) is 30.5 Å². The molecule has 0 radical (unpaired) electrons. The number of ether oxygens (including phenoxy) is 1. The van der Waals surface area contributed by atoms with Crippen LogP contribution in [0.4, 0.5) is 0 Å². The van der Waals surface area contributed by atoms with Crippen molar-refractivity contribution >= 4 is 27.4 Å². The molecule has 1 aliphatic heterocycles. The van der Waals surface area contributed by atoms with Gasteiger partial charge in [-0.1, -0.05) is 24.3 Å². The predicted octanol–water partition coefficient (Wildman–Crippen LogP) is 1.88. The van der Waals surface area contributed by atoms with E-state index in [1.54, 1.807) is 20.3 Å². The van der Waals surface area contributed by atoms with Gasteiger partial charge >= 0.3 is 0 Å². The fourth-order valence-corrected chi connectivity index (χ4v) is 4.60. The van der Waals surface area contributed by atoms with Crippen LogP contribution in [0, 0.1) is 5.92 Å². The quantitative estimate of drug-likeness (QED) is 0.612. The molecule has 0 aliphatic carbocycles. The normalized spacial score (nSPS) is 18.9. The van der Waals surface area contributed by atoms with Crippen LogP contribution in [0.25, 0.3) is 22.4 Å². The highest BCUT2D eigenvalue weighted by Gasteiger charge is 2.35. The summed E-state index contributed by atoms with van der Waals surface area (Å²) < 4.78 is 33.6. The zero-order chi connectivity index (χ0) is 21.7. The maximum absolute atomic E-state index is 12.3. The van der Waals surface area contributed by atoms with Crippen LogP contribution in [0.2, 0.25) is 0 Å². The summed E-state index contributed by atoms with van der Waals surface area (Å²) in [5.74, 6) is 0.641. The molecule has 0 bridgehead atoms. The van der Waals surface area contributed by atoms with E-state index in [1.807, 2.05) is 47.2 Å². The molecule has 30 heavy (non-hydrogen) atoms. The van der Waals surface area contributed by atoms with Gasteiger partial charge in [0.1, 0.15) is 5.69 Å². The SMILES string of the molecule is CN(C)S(=O)(=O)C[C@@H]1COC[C@H]1n1ccnc1-c1ccc2ccccc2n1.O=CO. The van der Waals surface area contributed by atoms with Crippen molar-refractivity contribution in [2.75, 3.05) is 33.1 Å². The van der Waals surface area contributed by atoms with Crippen molar-refractivity contribution in [1.82, 2.24) is 18.8 Å². The lowest BCUT2D eigenvalue weighted by Crippen LogP contribution is -2.32. The molecule has 4 rings (SSSR count). The van der Waals surface area contributed by atoms with Crippen LogP contribution in [0.5, 0.6) is 0 Å². The summed E-state index contributed by atoms with van der Waals surface area (Å²) in [7, 11) is -0.193. The molecule has 2 aromatic heterocycles. The molecule has 0 unspecified atom stereocenters. The van der Waals surface area contributed by atoms with E-state index in [2.05, 4.69) is 4.98 Å². The van der Waals surface area contributed by atoms with E-state index in [0.717, 1.165) is 22.4 Å². The Bertz CT molecular complexity index is 1110. The van der Waals surface area contributed by atoms with Crippen molar-refractivity contribution in [3.63, 3.8) is 0 Å². The van der Waals surface area contributed by atoms with Crippen LogP contribution >= 0.6 is 0 Å². The van der Waals surface area contributed by atoms with Gasteiger partial charge in [0.15, 0.2) is 5.82 Å². The first-order valence-electron chi connectivity index (χ1n) is 9.32. The van der Waals surface area contributed by atoms with Crippen LogP contribution < -0.4 is 0 Å². The highest BCUT2D eigenvalue weighted by atomic mass is 32.2. The Balaban J connectivity index is 0.000000806. The molecule has 10 heteroatoms. The summed E-state index contributed by atoms with van der Waals surface area (Å²) in [6, 6.07) is 11.8. The molecule has 1 aliphatic rings. The van der Waals surface area contributed by atoms with Crippen molar-refractivity contribution in [3.8, 4) is 11.5 Å². The molecule has 9 nitrogen and oxygen atoms in total. The fraction of sp³-hybridized carbons (Fsp3) is 0.350. The van der Waals surface area contributed by atoms with Gasteiger partial charge < -0.3 is 14.4 Å². The summed E-state index contributed by atoms with van der Waals surface area (Å²) in [6.07, 6.45) is 3.60. The minimum Gasteiger partial charge on any atom is -0.483 e. The Morgan fingerprint density at radius 1 is 1.23 bits per heavy atom. The summed E-state index contributed by atoms with van der Waals surface area (Å²) >= 11 is 0. The van der Waals surface area contributed by atoms with Gasteiger partial charge in [0.2, 0.25) is 10.0 Å². The molecule has 1 N–H and O–H groups in total. The van der Waals surface area contributed by atoms with Gasteiger partial charge in [-0.15, -0.1) is 0 Å². The number of carbonyl (C=O) groups is 1. The largest absolute Gasteiger partial charge is 0.483 e. The zero-order valence-corrected chi connectivity index (χ0v) is 17.6. The average Bonchev–Trinajstić information content (AvgIpc) is 3.36. The Hall–Kier alpha value is -2.82. The number of benzene rings is 1. The molecule has 1 aromatic carbocycles. The lowest BCUT2D eigenvalue weighted by Gasteiger charge is -2.22. The van der Waals surface area contributed by atoms with Gasteiger partial charge in [0, 0.05) is 37.8 Å². The van der Waals surface area contributed by atoms with Gasteiger partial charge in [-0.05, 0) is 12.1 Å². The predicted molar refractivity (Wildman–Crippen MR) is 112 cm³/mol. The van der Waals surface area contributed by atoms with Crippen LogP contribution in [-0.2, 0) is 19.6 Å². The van der Waals surface area contributed by atoms with Crippen molar-refractivity contribution in [1.29, 1.82) is 0 Å². The van der Waals surface area contributed by atoms with E-state index in [1.165, 1.54) is 4.31 Å². The summed E-state index contributed by atoms with van der Waals surface area (Å²) in [6.45, 7) is 0.630. The lowest BCUT2D eigenvalue weighted by molar-refractivity contribution is -0.122. The van der Waals surface area contributed by atoms with Gasteiger partial charge in [-0.3, -0.25) is 4.79 Å². The van der Waals surface area contributed by atoms with E-state index in [0.29, 0.717) is 13.2 Å². The number of rotatable bonds is 5.